The molecule has 1 aromatic heterocycles. The number of nitrogens with zero attached hydrogens (tertiary/aromatic N) is 3. The number of hydrogen-bond donors (Lipinski definition) is 0. The number of amides is 3. The highest BCUT2D eigenvalue weighted by atomic mass is 79.9. The van der Waals surface area contributed by atoms with E-state index < -0.39 is 0 Å². The quantitative estimate of drug-likeness (QED) is 0.470. The Morgan fingerprint density at radius 3 is 2.40 bits per heavy atom. The van der Waals surface area contributed by atoms with Gasteiger partial charge in [0, 0.05) is 65.5 Å². The first-order valence-corrected chi connectivity index (χ1v) is 13.6. The number of imide groups is 1. The number of halogens is 3. The lowest BCUT2D eigenvalue weighted by molar-refractivity contribution is -0.139. The molecule has 1 unspecified atom stereocenters. The van der Waals surface area contributed by atoms with Crippen LogP contribution in [0.3, 0.4) is 0 Å². The summed E-state index contributed by atoms with van der Waals surface area (Å²) in [6, 6.07) is 5.99. The fourth-order valence-electron chi connectivity index (χ4n) is 5.75. The Hall–Kier alpha value is -1.96. The maximum absolute atomic E-state index is 12.9. The summed E-state index contributed by atoms with van der Waals surface area (Å²) in [5, 5.41) is 1.32. The average molecular weight is 579 g/mol. The van der Waals surface area contributed by atoms with Crippen molar-refractivity contribution >= 4 is 56.9 Å². The van der Waals surface area contributed by atoms with E-state index in [4.69, 9.17) is 28.2 Å². The molecule has 3 amide bonds. The van der Waals surface area contributed by atoms with Crippen molar-refractivity contribution in [3.63, 3.8) is 0 Å². The van der Waals surface area contributed by atoms with Crippen molar-refractivity contribution in [2.24, 2.45) is 5.92 Å². The van der Waals surface area contributed by atoms with Gasteiger partial charge in [-0.05, 0) is 82.4 Å². The molecule has 0 bridgehead atoms. The van der Waals surface area contributed by atoms with E-state index in [0.717, 1.165) is 41.4 Å². The monoisotopic (exact) mass is 577 g/mol. The number of piperidine rings is 1. The summed E-state index contributed by atoms with van der Waals surface area (Å²) in [6.07, 6.45) is 5.90. The zero-order valence-corrected chi connectivity index (χ0v) is 22.3. The number of pyridine rings is 1. The maximum atomic E-state index is 12.9. The summed E-state index contributed by atoms with van der Waals surface area (Å²) >= 11 is 16.7. The summed E-state index contributed by atoms with van der Waals surface area (Å²) in [6.45, 7) is 1.44. The summed E-state index contributed by atoms with van der Waals surface area (Å²) in [5.74, 6) is -0.0441. The SMILES string of the molecule is O=C(CCN1C(=O)CCC1=O)N1CCC(C2c3ncc(Br)cc3CCc3cc(Cl)cc(Cl)c32)CC1. The van der Waals surface area contributed by atoms with Crippen LogP contribution < -0.4 is 0 Å². The van der Waals surface area contributed by atoms with Crippen molar-refractivity contribution in [1.29, 1.82) is 0 Å². The minimum atomic E-state index is -0.177. The van der Waals surface area contributed by atoms with Crippen LogP contribution in [0.5, 0.6) is 0 Å². The lowest BCUT2D eigenvalue weighted by Gasteiger charge is -2.37. The van der Waals surface area contributed by atoms with Gasteiger partial charge in [0.1, 0.15) is 0 Å². The number of likely N-dealkylation sites (tertiary alicyclic amines) is 2. The molecule has 0 spiro atoms. The van der Waals surface area contributed by atoms with Crippen LogP contribution in [-0.4, -0.2) is 52.1 Å². The van der Waals surface area contributed by atoms with E-state index in [1.807, 2.05) is 23.2 Å². The molecule has 9 heteroatoms. The highest BCUT2D eigenvalue weighted by Crippen LogP contribution is 2.46. The molecule has 2 fully saturated rings. The van der Waals surface area contributed by atoms with Gasteiger partial charge in [-0.3, -0.25) is 24.3 Å². The molecule has 1 atom stereocenters. The van der Waals surface area contributed by atoms with Crippen molar-refractivity contribution in [2.75, 3.05) is 19.6 Å². The van der Waals surface area contributed by atoms with E-state index in [9.17, 15) is 14.4 Å². The molecule has 35 heavy (non-hydrogen) atoms. The van der Waals surface area contributed by atoms with Crippen LogP contribution in [0.4, 0.5) is 0 Å². The summed E-state index contributed by atoms with van der Waals surface area (Å²) in [7, 11) is 0. The van der Waals surface area contributed by atoms with Gasteiger partial charge in [-0.2, -0.15) is 0 Å². The van der Waals surface area contributed by atoms with Crippen molar-refractivity contribution in [1.82, 2.24) is 14.8 Å². The van der Waals surface area contributed by atoms with Crippen LogP contribution >= 0.6 is 39.1 Å². The molecule has 184 valence electrons. The molecule has 3 heterocycles. The van der Waals surface area contributed by atoms with Gasteiger partial charge in [0.25, 0.3) is 0 Å². The molecule has 2 aromatic rings. The first-order valence-electron chi connectivity index (χ1n) is 12.0. The summed E-state index contributed by atoms with van der Waals surface area (Å²) in [5.41, 5.74) is 4.55. The van der Waals surface area contributed by atoms with E-state index in [-0.39, 0.29) is 55.4 Å². The Morgan fingerprint density at radius 2 is 1.69 bits per heavy atom. The largest absolute Gasteiger partial charge is 0.343 e. The molecular weight excluding hydrogens is 553 g/mol. The summed E-state index contributed by atoms with van der Waals surface area (Å²) < 4.78 is 0.959. The third-order valence-electron chi connectivity index (χ3n) is 7.49. The number of carbonyl (C=O) groups excluding carboxylic acids is 3. The molecule has 1 aliphatic carbocycles. The Morgan fingerprint density at radius 1 is 1.00 bits per heavy atom. The predicted molar refractivity (Wildman–Crippen MR) is 138 cm³/mol. The molecule has 5 rings (SSSR count). The molecule has 3 aliphatic rings. The second kappa shape index (κ2) is 10.2. The zero-order valence-electron chi connectivity index (χ0n) is 19.2. The lowest BCUT2D eigenvalue weighted by Crippen LogP contribution is -2.42. The number of rotatable bonds is 4. The number of benzene rings is 1. The van der Waals surface area contributed by atoms with Crippen LogP contribution in [0.25, 0.3) is 0 Å². The minimum absolute atomic E-state index is 0.00973. The van der Waals surface area contributed by atoms with Gasteiger partial charge in [-0.1, -0.05) is 23.2 Å². The van der Waals surface area contributed by atoms with Crippen LogP contribution in [0, 0.1) is 5.92 Å². The van der Waals surface area contributed by atoms with Gasteiger partial charge in [0.15, 0.2) is 0 Å². The molecule has 2 aliphatic heterocycles. The topological polar surface area (TPSA) is 70.6 Å². The van der Waals surface area contributed by atoms with Crippen LogP contribution in [-0.2, 0) is 27.2 Å². The van der Waals surface area contributed by atoms with E-state index >= 15 is 0 Å². The summed E-state index contributed by atoms with van der Waals surface area (Å²) in [4.78, 5) is 44.5. The number of aromatic nitrogens is 1. The first-order chi connectivity index (χ1) is 16.8. The van der Waals surface area contributed by atoms with E-state index in [0.29, 0.717) is 23.1 Å². The Balaban J connectivity index is 1.34. The third-order valence-corrected chi connectivity index (χ3v) is 8.45. The molecular formula is C26H26BrCl2N3O3. The van der Waals surface area contributed by atoms with Crippen molar-refractivity contribution < 1.29 is 14.4 Å². The van der Waals surface area contributed by atoms with Gasteiger partial charge in [-0.15, -0.1) is 0 Å². The second-order valence-corrected chi connectivity index (χ2v) is 11.3. The number of aryl methyl sites for hydroxylation is 2. The van der Waals surface area contributed by atoms with Crippen molar-refractivity contribution in [3.05, 3.63) is 61.3 Å². The van der Waals surface area contributed by atoms with Gasteiger partial charge in [-0.25, -0.2) is 0 Å². The van der Waals surface area contributed by atoms with Gasteiger partial charge < -0.3 is 4.90 Å². The number of hydrogen-bond acceptors (Lipinski definition) is 4. The van der Waals surface area contributed by atoms with E-state index in [1.54, 1.807) is 0 Å². The Labute approximate surface area is 223 Å². The molecule has 6 nitrogen and oxygen atoms in total. The van der Waals surface area contributed by atoms with E-state index in [1.165, 1.54) is 16.0 Å². The highest BCUT2D eigenvalue weighted by Gasteiger charge is 2.37. The normalized spacial score (nSPS) is 20.6. The first kappa shape index (κ1) is 24.7. The standard InChI is InChI=1S/C26H26BrCl2N3O3/c27-18-11-17-2-1-16-12-19(28)13-20(29)24(16)25(26(17)30-14-18)15-5-8-31(9-6-15)21(33)7-10-32-22(34)3-4-23(32)35/h11-15,25H,1-10H2. The second-order valence-electron chi connectivity index (χ2n) is 9.54. The third kappa shape index (κ3) is 5.00. The highest BCUT2D eigenvalue weighted by molar-refractivity contribution is 9.10. The van der Waals surface area contributed by atoms with Crippen molar-refractivity contribution in [2.45, 2.75) is 50.9 Å². The van der Waals surface area contributed by atoms with Gasteiger partial charge in [0.2, 0.25) is 17.7 Å². The molecule has 1 aromatic carbocycles. The van der Waals surface area contributed by atoms with Crippen LogP contribution in [0.15, 0.2) is 28.9 Å². The molecule has 2 saturated heterocycles. The predicted octanol–water partition coefficient (Wildman–Crippen LogP) is 5.16. The Kier molecular flexibility index (Phi) is 7.20. The fourth-order valence-corrected chi connectivity index (χ4v) is 6.78. The van der Waals surface area contributed by atoms with Crippen LogP contribution in [0.2, 0.25) is 10.0 Å². The molecule has 0 saturated carbocycles. The minimum Gasteiger partial charge on any atom is -0.343 e. The van der Waals surface area contributed by atoms with Crippen molar-refractivity contribution in [3.8, 4) is 0 Å². The van der Waals surface area contributed by atoms with E-state index in [2.05, 4.69) is 22.0 Å². The average Bonchev–Trinajstić information content (AvgIpc) is 3.06. The fraction of sp³-hybridized carbons (Fsp3) is 0.462. The lowest BCUT2D eigenvalue weighted by atomic mass is 9.76. The maximum Gasteiger partial charge on any atom is 0.229 e. The molecule has 0 radical (unpaired) electrons. The van der Waals surface area contributed by atoms with Gasteiger partial charge in [0.05, 0.1) is 5.69 Å². The smallest absolute Gasteiger partial charge is 0.229 e. The Bertz CT molecular complexity index is 1180. The number of fused-ring (bicyclic) bond motifs is 2. The zero-order chi connectivity index (χ0) is 24.7. The van der Waals surface area contributed by atoms with Gasteiger partial charge >= 0.3 is 0 Å². The number of carbonyl (C=O) groups is 3. The molecule has 0 N–H and O–H groups in total. The van der Waals surface area contributed by atoms with Crippen LogP contribution in [0.1, 0.15) is 60.4 Å².